The predicted octanol–water partition coefficient (Wildman–Crippen LogP) is 0.410. The molecule has 0 saturated heterocycles. The molecular weight excluding hydrogens is 240 g/mol. The van der Waals surface area contributed by atoms with Crippen molar-refractivity contribution in [2.75, 3.05) is 5.73 Å². The van der Waals surface area contributed by atoms with Gasteiger partial charge in [-0.3, -0.25) is 0 Å². The number of nitrogen functional groups attached to an aromatic ring is 1. The van der Waals surface area contributed by atoms with Crippen LogP contribution in [0.2, 0.25) is 0 Å². The lowest BCUT2D eigenvalue weighted by molar-refractivity contribution is 0.597. The van der Waals surface area contributed by atoms with Gasteiger partial charge in [0.2, 0.25) is 10.0 Å². The molecule has 0 fully saturated rings. The molecule has 0 bridgehead atoms. The minimum Gasteiger partial charge on any atom is -0.399 e. The second kappa shape index (κ2) is 3.86. The SMILES string of the molecule is Cc1c(-n2cccn2)cc(N)cc1S(N)(=O)=O. The van der Waals surface area contributed by atoms with E-state index < -0.39 is 10.0 Å². The molecular formula is C10H12N4O2S. The van der Waals surface area contributed by atoms with E-state index in [4.69, 9.17) is 10.9 Å². The van der Waals surface area contributed by atoms with Crippen LogP contribution in [0.4, 0.5) is 5.69 Å². The molecule has 4 N–H and O–H groups in total. The number of nitrogens with two attached hydrogens (primary N) is 2. The third-order valence-corrected chi connectivity index (χ3v) is 3.45. The molecule has 1 heterocycles. The van der Waals surface area contributed by atoms with Crippen LogP contribution in [0.5, 0.6) is 0 Å². The van der Waals surface area contributed by atoms with E-state index in [0.29, 0.717) is 16.9 Å². The highest BCUT2D eigenvalue weighted by Gasteiger charge is 2.16. The highest BCUT2D eigenvalue weighted by atomic mass is 32.2. The van der Waals surface area contributed by atoms with Crippen molar-refractivity contribution in [1.29, 1.82) is 0 Å². The van der Waals surface area contributed by atoms with Crippen molar-refractivity contribution in [1.82, 2.24) is 9.78 Å². The maximum Gasteiger partial charge on any atom is 0.238 e. The average molecular weight is 252 g/mol. The summed E-state index contributed by atoms with van der Waals surface area (Å²) < 4.78 is 24.4. The minimum absolute atomic E-state index is 0.0167. The zero-order chi connectivity index (χ0) is 12.6. The van der Waals surface area contributed by atoms with Gasteiger partial charge in [0.25, 0.3) is 0 Å². The summed E-state index contributed by atoms with van der Waals surface area (Å²) in [6, 6.07) is 4.73. The summed E-state index contributed by atoms with van der Waals surface area (Å²) >= 11 is 0. The van der Waals surface area contributed by atoms with Gasteiger partial charge in [-0.15, -0.1) is 0 Å². The average Bonchev–Trinajstić information content (AvgIpc) is 2.72. The third kappa shape index (κ3) is 2.15. The summed E-state index contributed by atoms with van der Waals surface area (Å²) in [5.74, 6) is 0. The number of nitrogens with zero attached hydrogens (tertiary/aromatic N) is 2. The van der Waals surface area contributed by atoms with Gasteiger partial charge < -0.3 is 5.73 Å². The summed E-state index contributed by atoms with van der Waals surface area (Å²) in [5.41, 5.74) is 7.11. The monoisotopic (exact) mass is 252 g/mol. The first-order valence-electron chi connectivity index (χ1n) is 4.82. The number of sulfonamides is 1. The Morgan fingerprint density at radius 1 is 1.35 bits per heavy atom. The van der Waals surface area contributed by atoms with E-state index in [1.165, 1.54) is 6.07 Å². The van der Waals surface area contributed by atoms with Crippen molar-refractivity contribution in [3.05, 3.63) is 36.2 Å². The van der Waals surface area contributed by atoms with Crippen molar-refractivity contribution in [2.24, 2.45) is 5.14 Å². The number of benzene rings is 1. The fraction of sp³-hybridized carbons (Fsp3) is 0.100. The smallest absolute Gasteiger partial charge is 0.238 e. The first kappa shape index (κ1) is 11.6. The summed E-state index contributed by atoms with van der Waals surface area (Å²) in [6.07, 6.45) is 3.30. The van der Waals surface area contributed by atoms with Crippen molar-refractivity contribution in [3.63, 3.8) is 0 Å². The van der Waals surface area contributed by atoms with E-state index in [9.17, 15) is 8.42 Å². The minimum atomic E-state index is -3.79. The molecule has 0 aliphatic carbocycles. The molecule has 0 atom stereocenters. The normalized spacial score (nSPS) is 11.6. The number of rotatable bonds is 2. The van der Waals surface area contributed by atoms with Gasteiger partial charge >= 0.3 is 0 Å². The Balaban J connectivity index is 2.75. The summed E-state index contributed by atoms with van der Waals surface area (Å²) in [4.78, 5) is 0.0167. The fourth-order valence-electron chi connectivity index (χ4n) is 1.64. The molecule has 6 nitrogen and oxygen atoms in total. The number of aromatic nitrogens is 2. The van der Waals surface area contributed by atoms with Crippen molar-refractivity contribution in [2.45, 2.75) is 11.8 Å². The molecule has 0 amide bonds. The Kier molecular flexibility index (Phi) is 2.64. The van der Waals surface area contributed by atoms with Crippen LogP contribution in [0, 0.1) is 6.92 Å². The number of primary sulfonamides is 1. The second-order valence-electron chi connectivity index (χ2n) is 3.66. The summed E-state index contributed by atoms with van der Waals surface area (Å²) in [7, 11) is -3.79. The van der Waals surface area contributed by atoms with Crippen LogP contribution < -0.4 is 10.9 Å². The van der Waals surface area contributed by atoms with Crippen molar-refractivity contribution in [3.8, 4) is 5.69 Å². The molecule has 90 valence electrons. The lowest BCUT2D eigenvalue weighted by Crippen LogP contribution is -2.15. The van der Waals surface area contributed by atoms with E-state index >= 15 is 0 Å². The Bertz CT molecular complexity index is 647. The molecule has 0 radical (unpaired) electrons. The van der Waals surface area contributed by atoms with E-state index in [1.807, 2.05) is 0 Å². The number of anilines is 1. The van der Waals surface area contributed by atoms with Crippen LogP contribution >= 0.6 is 0 Å². The Hall–Kier alpha value is -1.86. The van der Waals surface area contributed by atoms with Gasteiger partial charge in [-0.25, -0.2) is 18.2 Å². The predicted molar refractivity (Wildman–Crippen MR) is 64.1 cm³/mol. The lowest BCUT2D eigenvalue weighted by Gasteiger charge is -2.11. The molecule has 7 heteroatoms. The second-order valence-corrected chi connectivity index (χ2v) is 5.19. The molecule has 2 rings (SSSR count). The van der Waals surface area contributed by atoms with Gasteiger partial charge in [-0.1, -0.05) is 0 Å². The van der Waals surface area contributed by atoms with Crippen molar-refractivity contribution >= 4 is 15.7 Å². The van der Waals surface area contributed by atoms with Gasteiger partial charge in [0.1, 0.15) is 0 Å². The highest BCUT2D eigenvalue weighted by molar-refractivity contribution is 7.89. The zero-order valence-electron chi connectivity index (χ0n) is 9.16. The maximum atomic E-state index is 11.4. The Labute approximate surface area is 98.9 Å². The first-order chi connectivity index (χ1) is 7.89. The lowest BCUT2D eigenvalue weighted by atomic mass is 10.2. The molecule has 0 spiro atoms. The largest absolute Gasteiger partial charge is 0.399 e. The molecule has 0 aliphatic rings. The van der Waals surface area contributed by atoms with Crippen LogP contribution in [0.15, 0.2) is 35.5 Å². The van der Waals surface area contributed by atoms with Gasteiger partial charge in [0.05, 0.1) is 10.6 Å². The zero-order valence-corrected chi connectivity index (χ0v) is 9.98. The topological polar surface area (TPSA) is 104 Å². The van der Waals surface area contributed by atoms with Crippen molar-refractivity contribution < 1.29 is 8.42 Å². The molecule has 1 aromatic heterocycles. The third-order valence-electron chi connectivity index (χ3n) is 2.41. The van der Waals surface area contributed by atoms with Crippen LogP contribution in [0.3, 0.4) is 0 Å². The van der Waals surface area contributed by atoms with Crippen LogP contribution in [0.25, 0.3) is 5.69 Å². The van der Waals surface area contributed by atoms with Crippen LogP contribution in [-0.4, -0.2) is 18.2 Å². The first-order valence-corrected chi connectivity index (χ1v) is 6.37. The summed E-state index contributed by atoms with van der Waals surface area (Å²) in [6.45, 7) is 1.66. The number of hydrogen-bond acceptors (Lipinski definition) is 4. The quantitative estimate of drug-likeness (QED) is 0.755. The van der Waals surface area contributed by atoms with Gasteiger partial charge in [-0.05, 0) is 30.7 Å². The molecule has 0 unspecified atom stereocenters. The molecule has 0 aliphatic heterocycles. The van der Waals surface area contributed by atoms with Crippen LogP contribution in [0.1, 0.15) is 5.56 Å². The summed E-state index contributed by atoms with van der Waals surface area (Å²) in [5, 5.41) is 9.17. The van der Waals surface area contributed by atoms with E-state index in [-0.39, 0.29) is 4.90 Å². The molecule has 2 aromatic rings. The van der Waals surface area contributed by atoms with E-state index in [0.717, 1.165) is 0 Å². The van der Waals surface area contributed by atoms with Gasteiger partial charge in [0, 0.05) is 18.1 Å². The van der Waals surface area contributed by atoms with Crippen LogP contribution in [-0.2, 0) is 10.0 Å². The Morgan fingerprint density at radius 2 is 2.06 bits per heavy atom. The van der Waals surface area contributed by atoms with Gasteiger partial charge in [0.15, 0.2) is 0 Å². The molecule has 1 aromatic carbocycles. The molecule has 17 heavy (non-hydrogen) atoms. The van der Waals surface area contributed by atoms with E-state index in [1.54, 1.807) is 36.1 Å². The fourth-order valence-corrected chi connectivity index (χ4v) is 2.47. The highest BCUT2D eigenvalue weighted by Crippen LogP contribution is 2.24. The standard InChI is InChI=1S/C10H12N4O2S/c1-7-9(14-4-2-3-13-14)5-8(11)6-10(7)17(12,15)16/h2-6H,11H2,1H3,(H2,12,15,16). The number of hydrogen-bond donors (Lipinski definition) is 2. The van der Waals surface area contributed by atoms with E-state index in [2.05, 4.69) is 5.10 Å². The Morgan fingerprint density at radius 3 is 2.59 bits per heavy atom. The maximum absolute atomic E-state index is 11.4. The molecule has 0 saturated carbocycles. The van der Waals surface area contributed by atoms with Gasteiger partial charge in [-0.2, -0.15) is 5.10 Å².